The molecular formula is C15H23FN2. The summed E-state index contributed by atoms with van der Waals surface area (Å²) in [5, 5.41) is 0. The highest BCUT2D eigenvalue weighted by atomic mass is 19.1. The molecular weight excluding hydrogens is 227 g/mol. The maximum Gasteiger partial charge on any atom is 0.123 e. The average Bonchev–Trinajstić information content (AvgIpc) is 2.39. The molecule has 0 radical (unpaired) electrons. The van der Waals surface area contributed by atoms with Crippen molar-refractivity contribution < 1.29 is 4.39 Å². The average molecular weight is 250 g/mol. The number of rotatable bonds is 4. The van der Waals surface area contributed by atoms with Gasteiger partial charge in [0.25, 0.3) is 0 Å². The van der Waals surface area contributed by atoms with Crippen LogP contribution in [0.25, 0.3) is 0 Å². The van der Waals surface area contributed by atoms with Gasteiger partial charge in [-0.3, -0.25) is 0 Å². The Morgan fingerprint density at radius 1 is 1.39 bits per heavy atom. The second-order valence-corrected chi connectivity index (χ2v) is 5.40. The molecule has 1 aliphatic heterocycles. The Morgan fingerprint density at radius 3 is 2.72 bits per heavy atom. The Balaban J connectivity index is 1.87. The number of nitrogens with two attached hydrogens (primary N) is 1. The smallest absolute Gasteiger partial charge is 0.123 e. The molecule has 0 bridgehead atoms. The van der Waals surface area contributed by atoms with E-state index in [0.29, 0.717) is 12.0 Å². The van der Waals surface area contributed by atoms with Crippen LogP contribution in [-0.4, -0.2) is 30.6 Å². The second kappa shape index (κ2) is 6.30. The Kier molecular flexibility index (Phi) is 4.72. The molecule has 1 saturated heterocycles. The first-order valence-corrected chi connectivity index (χ1v) is 6.87. The zero-order chi connectivity index (χ0) is 13.0. The highest BCUT2D eigenvalue weighted by Crippen LogP contribution is 2.19. The number of hydrogen-bond acceptors (Lipinski definition) is 2. The first-order chi connectivity index (χ1) is 8.69. The van der Waals surface area contributed by atoms with Crippen LogP contribution in [0.2, 0.25) is 0 Å². The molecule has 1 fully saturated rings. The van der Waals surface area contributed by atoms with E-state index in [1.54, 1.807) is 12.1 Å². The Labute approximate surface area is 109 Å². The lowest BCUT2D eigenvalue weighted by Gasteiger charge is -2.35. The van der Waals surface area contributed by atoms with Crippen LogP contribution in [0.3, 0.4) is 0 Å². The largest absolute Gasteiger partial charge is 0.330 e. The summed E-state index contributed by atoms with van der Waals surface area (Å²) in [4.78, 5) is 2.50. The van der Waals surface area contributed by atoms with Crippen molar-refractivity contribution in [2.45, 2.75) is 32.2 Å². The van der Waals surface area contributed by atoms with Crippen molar-refractivity contribution in [3.05, 3.63) is 35.6 Å². The molecule has 3 heteroatoms. The van der Waals surface area contributed by atoms with E-state index in [-0.39, 0.29) is 5.82 Å². The van der Waals surface area contributed by atoms with Crippen molar-refractivity contribution in [1.82, 2.24) is 4.90 Å². The van der Waals surface area contributed by atoms with Gasteiger partial charge >= 0.3 is 0 Å². The van der Waals surface area contributed by atoms with Gasteiger partial charge in [-0.1, -0.05) is 12.1 Å². The quantitative estimate of drug-likeness (QED) is 0.889. The summed E-state index contributed by atoms with van der Waals surface area (Å²) < 4.78 is 13.1. The van der Waals surface area contributed by atoms with E-state index in [1.165, 1.54) is 18.9 Å². The Morgan fingerprint density at radius 2 is 2.11 bits per heavy atom. The molecule has 0 saturated carbocycles. The van der Waals surface area contributed by atoms with Gasteiger partial charge in [0, 0.05) is 6.04 Å². The van der Waals surface area contributed by atoms with E-state index >= 15 is 0 Å². The second-order valence-electron chi connectivity index (χ2n) is 5.40. The molecule has 1 unspecified atom stereocenters. The predicted octanol–water partition coefficient (Wildman–Crippen LogP) is 2.43. The fourth-order valence-corrected chi connectivity index (χ4v) is 2.76. The molecule has 1 aromatic carbocycles. The van der Waals surface area contributed by atoms with Crippen molar-refractivity contribution in [2.24, 2.45) is 11.7 Å². The van der Waals surface area contributed by atoms with Crippen molar-refractivity contribution in [3.63, 3.8) is 0 Å². The Bertz CT molecular complexity index is 373. The number of piperidine rings is 1. The van der Waals surface area contributed by atoms with Gasteiger partial charge in [-0.2, -0.15) is 0 Å². The zero-order valence-corrected chi connectivity index (χ0v) is 11.1. The molecule has 2 N–H and O–H groups in total. The van der Waals surface area contributed by atoms with Gasteiger partial charge in [-0.05, 0) is 69.4 Å². The number of benzene rings is 1. The molecule has 2 rings (SSSR count). The third-order valence-electron chi connectivity index (χ3n) is 4.03. The highest BCUT2D eigenvalue weighted by Gasteiger charge is 2.21. The monoisotopic (exact) mass is 250 g/mol. The fourth-order valence-electron chi connectivity index (χ4n) is 2.76. The van der Waals surface area contributed by atoms with Gasteiger partial charge in [-0.15, -0.1) is 0 Å². The minimum absolute atomic E-state index is 0.137. The van der Waals surface area contributed by atoms with E-state index in [4.69, 9.17) is 5.73 Å². The lowest BCUT2D eigenvalue weighted by atomic mass is 9.95. The van der Waals surface area contributed by atoms with Gasteiger partial charge < -0.3 is 10.6 Å². The lowest BCUT2D eigenvalue weighted by molar-refractivity contribution is 0.142. The summed E-state index contributed by atoms with van der Waals surface area (Å²) in [5.74, 6) is 0.559. The lowest BCUT2D eigenvalue weighted by Crippen LogP contribution is -2.42. The Hall–Kier alpha value is -0.930. The third-order valence-corrected chi connectivity index (χ3v) is 4.03. The summed E-state index contributed by atoms with van der Waals surface area (Å²) in [6.07, 6.45) is 3.32. The molecule has 1 atom stereocenters. The SMILES string of the molecule is CC(Cc1cccc(F)c1)N1CCC(CN)CC1. The van der Waals surface area contributed by atoms with Crippen molar-refractivity contribution in [2.75, 3.05) is 19.6 Å². The molecule has 1 heterocycles. The summed E-state index contributed by atoms with van der Waals surface area (Å²) in [7, 11) is 0. The molecule has 0 aliphatic carbocycles. The van der Waals surface area contributed by atoms with Gasteiger partial charge in [0.15, 0.2) is 0 Å². The highest BCUT2D eigenvalue weighted by molar-refractivity contribution is 5.17. The normalized spacial score (nSPS) is 19.9. The molecule has 0 aromatic heterocycles. The number of hydrogen-bond donors (Lipinski definition) is 1. The summed E-state index contributed by atoms with van der Waals surface area (Å²) in [5.41, 5.74) is 6.79. The van der Waals surface area contributed by atoms with Gasteiger partial charge in [0.1, 0.15) is 5.82 Å². The topological polar surface area (TPSA) is 29.3 Å². The standard InChI is InChI=1S/C15H23FN2/c1-12(9-14-3-2-4-15(16)10-14)18-7-5-13(11-17)6-8-18/h2-4,10,12-13H,5-9,11,17H2,1H3. The number of nitrogens with zero attached hydrogens (tertiary/aromatic N) is 1. The van der Waals surface area contributed by atoms with E-state index in [0.717, 1.165) is 31.6 Å². The summed E-state index contributed by atoms with van der Waals surface area (Å²) >= 11 is 0. The number of likely N-dealkylation sites (tertiary alicyclic amines) is 1. The number of halogens is 1. The van der Waals surface area contributed by atoms with Crippen LogP contribution in [-0.2, 0) is 6.42 Å². The molecule has 100 valence electrons. The maximum atomic E-state index is 13.1. The van der Waals surface area contributed by atoms with Crippen molar-refractivity contribution in [3.8, 4) is 0 Å². The van der Waals surface area contributed by atoms with E-state index in [1.807, 2.05) is 6.07 Å². The zero-order valence-electron chi connectivity index (χ0n) is 11.1. The summed E-state index contributed by atoms with van der Waals surface area (Å²) in [6.45, 7) is 5.29. The minimum atomic E-state index is -0.137. The van der Waals surface area contributed by atoms with Crippen LogP contribution < -0.4 is 5.73 Å². The van der Waals surface area contributed by atoms with Crippen LogP contribution >= 0.6 is 0 Å². The van der Waals surface area contributed by atoms with Crippen LogP contribution in [0.1, 0.15) is 25.3 Å². The van der Waals surface area contributed by atoms with Gasteiger partial charge in [-0.25, -0.2) is 4.39 Å². The van der Waals surface area contributed by atoms with Crippen LogP contribution in [0.15, 0.2) is 24.3 Å². The van der Waals surface area contributed by atoms with E-state index in [2.05, 4.69) is 11.8 Å². The third kappa shape index (κ3) is 3.53. The van der Waals surface area contributed by atoms with Crippen LogP contribution in [0.5, 0.6) is 0 Å². The minimum Gasteiger partial charge on any atom is -0.330 e. The van der Waals surface area contributed by atoms with E-state index in [9.17, 15) is 4.39 Å². The molecule has 18 heavy (non-hydrogen) atoms. The first kappa shape index (κ1) is 13.5. The molecule has 1 aliphatic rings. The van der Waals surface area contributed by atoms with Crippen LogP contribution in [0.4, 0.5) is 4.39 Å². The van der Waals surface area contributed by atoms with Crippen LogP contribution in [0, 0.1) is 11.7 Å². The molecule has 0 amide bonds. The molecule has 0 spiro atoms. The van der Waals surface area contributed by atoms with Gasteiger partial charge in [0.05, 0.1) is 0 Å². The van der Waals surface area contributed by atoms with Crippen molar-refractivity contribution in [1.29, 1.82) is 0 Å². The fraction of sp³-hybridized carbons (Fsp3) is 0.600. The van der Waals surface area contributed by atoms with E-state index < -0.39 is 0 Å². The van der Waals surface area contributed by atoms with Gasteiger partial charge in [0.2, 0.25) is 0 Å². The predicted molar refractivity (Wildman–Crippen MR) is 72.9 cm³/mol. The molecule has 2 nitrogen and oxygen atoms in total. The maximum absolute atomic E-state index is 13.1. The molecule has 1 aromatic rings. The summed E-state index contributed by atoms with van der Waals surface area (Å²) in [6, 6.07) is 7.42. The first-order valence-electron chi connectivity index (χ1n) is 6.87. The van der Waals surface area contributed by atoms with Crippen molar-refractivity contribution >= 4 is 0 Å².